The molecular formula is C11H16FNO. The Morgan fingerprint density at radius 3 is 2.64 bits per heavy atom. The standard InChI is InChI=1S/C11H16FNO/c1-8(2)7-14-11-4-3-9(6-13)5-10(11)12/h3-5,8H,6-7,13H2,1-2H3. The highest BCUT2D eigenvalue weighted by Gasteiger charge is 2.04. The van der Waals surface area contributed by atoms with E-state index in [0.29, 0.717) is 24.8 Å². The van der Waals surface area contributed by atoms with Crippen LogP contribution >= 0.6 is 0 Å². The highest BCUT2D eigenvalue weighted by molar-refractivity contribution is 5.29. The monoisotopic (exact) mass is 197 g/mol. The smallest absolute Gasteiger partial charge is 0.165 e. The highest BCUT2D eigenvalue weighted by atomic mass is 19.1. The van der Waals surface area contributed by atoms with Gasteiger partial charge in [0.1, 0.15) is 0 Å². The van der Waals surface area contributed by atoms with E-state index < -0.39 is 0 Å². The van der Waals surface area contributed by atoms with Crippen LogP contribution in [0.3, 0.4) is 0 Å². The van der Waals surface area contributed by atoms with Gasteiger partial charge in [0.05, 0.1) is 6.61 Å². The van der Waals surface area contributed by atoms with E-state index in [-0.39, 0.29) is 5.82 Å². The van der Waals surface area contributed by atoms with E-state index in [1.165, 1.54) is 6.07 Å². The van der Waals surface area contributed by atoms with Gasteiger partial charge in [-0.25, -0.2) is 4.39 Å². The number of ether oxygens (including phenoxy) is 1. The molecular weight excluding hydrogens is 181 g/mol. The Hall–Kier alpha value is -1.09. The lowest BCUT2D eigenvalue weighted by Gasteiger charge is -2.09. The summed E-state index contributed by atoms with van der Waals surface area (Å²) in [5.41, 5.74) is 6.16. The molecule has 0 aliphatic heterocycles. The first-order chi connectivity index (χ1) is 6.63. The van der Waals surface area contributed by atoms with Gasteiger partial charge in [-0.2, -0.15) is 0 Å². The van der Waals surface area contributed by atoms with Gasteiger partial charge in [0.25, 0.3) is 0 Å². The van der Waals surface area contributed by atoms with E-state index in [4.69, 9.17) is 10.5 Å². The summed E-state index contributed by atoms with van der Waals surface area (Å²) in [6.07, 6.45) is 0. The van der Waals surface area contributed by atoms with Gasteiger partial charge in [-0.05, 0) is 23.6 Å². The van der Waals surface area contributed by atoms with Crippen LogP contribution in [-0.4, -0.2) is 6.61 Å². The average Bonchev–Trinajstić information content (AvgIpc) is 2.15. The van der Waals surface area contributed by atoms with Crippen molar-refractivity contribution in [3.63, 3.8) is 0 Å². The van der Waals surface area contributed by atoms with Crippen LogP contribution in [0.2, 0.25) is 0 Å². The zero-order valence-electron chi connectivity index (χ0n) is 8.59. The van der Waals surface area contributed by atoms with Gasteiger partial charge in [0, 0.05) is 6.54 Å². The van der Waals surface area contributed by atoms with Gasteiger partial charge < -0.3 is 10.5 Å². The van der Waals surface area contributed by atoms with Crippen LogP contribution in [0.1, 0.15) is 19.4 Å². The summed E-state index contributed by atoms with van der Waals surface area (Å²) in [4.78, 5) is 0. The van der Waals surface area contributed by atoms with Crippen molar-refractivity contribution in [2.75, 3.05) is 6.61 Å². The molecule has 1 aromatic rings. The Kier molecular flexibility index (Phi) is 3.89. The number of halogens is 1. The first-order valence-corrected chi connectivity index (χ1v) is 4.74. The molecule has 0 heterocycles. The Balaban J connectivity index is 2.69. The maximum atomic E-state index is 13.3. The zero-order chi connectivity index (χ0) is 10.6. The second kappa shape index (κ2) is 4.96. The van der Waals surface area contributed by atoms with Crippen molar-refractivity contribution in [3.8, 4) is 5.75 Å². The molecule has 14 heavy (non-hydrogen) atoms. The van der Waals surface area contributed by atoms with Crippen LogP contribution in [0.25, 0.3) is 0 Å². The molecule has 2 N–H and O–H groups in total. The molecule has 0 fully saturated rings. The average molecular weight is 197 g/mol. The molecule has 3 heteroatoms. The minimum absolute atomic E-state index is 0.302. The van der Waals surface area contributed by atoms with Gasteiger partial charge in [-0.15, -0.1) is 0 Å². The van der Waals surface area contributed by atoms with E-state index in [2.05, 4.69) is 0 Å². The van der Waals surface area contributed by atoms with Crippen LogP contribution < -0.4 is 10.5 Å². The van der Waals surface area contributed by atoms with E-state index in [9.17, 15) is 4.39 Å². The quantitative estimate of drug-likeness (QED) is 0.804. The van der Waals surface area contributed by atoms with Gasteiger partial charge in [0.2, 0.25) is 0 Å². The van der Waals surface area contributed by atoms with E-state index in [0.717, 1.165) is 5.56 Å². The molecule has 0 unspecified atom stereocenters. The Bertz CT molecular complexity index is 299. The Labute approximate surface area is 83.9 Å². The number of benzene rings is 1. The summed E-state index contributed by atoms with van der Waals surface area (Å²) in [6, 6.07) is 4.81. The van der Waals surface area contributed by atoms with Gasteiger partial charge >= 0.3 is 0 Å². The normalized spacial score (nSPS) is 10.6. The van der Waals surface area contributed by atoms with E-state index in [1.54, 1.807) is 12.1 Å². The van der Waals surface area contributed by atoms with Crippen molar-refractivity contribution in [1.29, 1.82) is 0 Å². The molecule has 0 amide bonds. The van der Waals surface area contributed by atoms with Crippen molar-refractivity contribution < 1.29 is 9.13 Å². The fourth-order valence-electron chi connectivity index (χ4n) is 1.04. The predicted octanol–water partition coefficient (Wildman–Crippen LogP) is 2.32. The second-order valence-electron chi connectivity index (χ2n) is 3.67. The Morgan fingerprint density at radius 2 is 2.14 bits per heavy atom. The molecule has 1 rings (SSSR count). The molecule has 0 radical (unpaired) electrons. The summed E-state index contributed by atoms with van der Waals surface area (Å²) in [7, 11) is 0. The molecule has 0 aliphatic carbocycles. The molecule has 0 aliphatic rings. The lowest BCUT2D eigenvalue weighted by molar-refractivity contribution is 0.259. The molecule has 0 saturated heterocycles. The maximum Gasteiger partial charge on any atom is 0.165 e. The highest BCUT2D eigenvalue weighted by Crippen LogP contribution is 2.18. The topological polar surface area (TPSA) is 35.2 Å². The van der Waals surface area contributed by atoms with Crippen LogP contribution in [0, 0.1) is 11.7 Å². The largest absolute Gasteiger partial charge is 0.490 e. The molecule has 1 aromatic carbocycles. The predicted molar refractivity (Wildman–Crippen MR) is 54.6 cm³/mol. The fourth-order valence-corrected chi connectivity index (χ4v) is 1.04. The number of rotatable bonds is 4. The lowest BCUT2D eigenvalue weighted by Crippen LogP contribution is -2.06. The van der Waals surface area contributed by atoms with E-state index in [1.807, 2.05) is 13.8 Å². The van der Waals surface area contributed by atoms with Crippen molar-refractivity contribution in [2.24, 2.45) is 11.7 Å². The van der Waals surface area contributed by atoms with Crippen LogP contribution in [0.4, 0.5) is 4.39 Å². The molecule has 0 spiro atoms. The molecule has 2 nitrogen and oxygen atoms in total. The number of hydrogen-bond acceptors (Lipinski definition) is 2. The SMILES string of the molecule is CC(C)COc1ccc(CN)cc1F. The van der Waals surface area contributed by atoms with Crippen molar-refractivity contribution in [3.05, 3.63) is 29.6 Å². The third-order valence-corrected chi connectivity index (χ3v) is 1.80. The molecule has 78 valence electrons. The first-order valence-electron chi connectivity index (χ1n) is 4.74. The van der Waals surface area contributed by atoms with Gasteiger partial charge in [0.15, 0.2) is 11.6 Å². The summed E-state index contributed by atoms with van der Waals surface area (Å²) < 4.78 is 18.6. The summed E-state index contributed by atoms with van der Waals surface area (Å²) in [5.74, 6) is 0.355. The zero-order valence-corrected chi connectivity index (χ0v) is 8.59. The molecule has 0 aromatic heterocycles. The summed E-state index contributed by atoms with van der Waals surface area (Å²) >= 11 is 0. The van der Waals surface area contributed by atoms with Crippen molar-refractivity contribution >= 4 is 0 Å². The van der Waals surface area contributed by atoms with Crippen LogP contribution in [-0.2, 0) is 6.54 Å². The third-order valence-electron chi connectivity index (χ3n) is 1.80. The minimum atomic E-state index is -0.339. The van der Waals surface area contributed by atoms with E-state index >= 15 is 0 Å². The van der Waals surface area contributed by atoms with Gasteiger partial charge in [-0.3, -0.25) is 0 Å². The van der Waals surface area contributed by atoms with Crippen LogP contribution in [0.5, 0.6) is 5.75 Å². The maximum absolute atomic E-state index is 13.3. The molecule has 0 saturated carbocycles. The minimum Gasteiger partial charge on any atom is -0.490 e. The first kappa shape index (κ1) is 11.0. The van der Waals surface area contributed by atoms with Crippen molar-refractivity contribution in [2.45, 2.75) is 20.4 Å². The van der Waals surface area contributed by atoms with Crippen LogP contribution in [0.15, 0.2) is 18.2 Å². The summed E-state index contributed by atoms with van der Waals surface area (Å²) in [5, 5.41) is 0. The Morgan fingerprint density at radius 1 is 1.43 bits per heavy atom. The number of hydrogen-bond donors (Lipinski definition) is 1. The van der Waals surface area contributed by atoms with Gasteiger partial charge in [-0.1, -0.05) is 19.9 Å². The fraction of sp³-hybridized carbons (Fsp3) is 0.455. The summed E-state index contributed by atoms with van der Waals surface area (Å²) in [6.45, 7) is 4.92. The number of nitrogens with two attached hydrogens (primary N) is 1. The molecule has 0 atom stereocenters. The molecule has 0 bridgehead atoms. The lowest BCUT2D eigenvalue weighted by atomic mass is 10.2. The van der Waals surface area contributed by atoms with Crippen molar-refractivity contribution in [1.82, 2.24) is 0 Å². The second-order valence-corrected chi connectivity index (χ2v) is 3.67. The third kappa shape index (κ3) is 3.00.